The van der Waals surface area contributed by atoms with Gasteiger partial charge in [-0.05, 0) is 43.2 Å². The first kappa shape index (κ1) is 22.5. The molecular formula is C28H27N3O5. The lowest BCUT2D eigenvalue weighted by Gasteiger charge is -2.23. The average molecular weight is 486 g/mol. The summed E-state index contributed by atoms with van der Waals surface area (Å²) in [6, 6.07) is 14.7. The Morgan fingerprint density at radius 1 is 1.22 bits per heavy atom. The van der Waals surface area contributed by atoms with Gasteiger partial charge in [0.2, 0.25) is 11.8 Å². The van der Waals surface area contributed by atoms with Gasteiger partial charge in [0.25, 0.3) is 0 Å². The number of hydrogen-bond donors (Lipinski definition) is 2. The fraction of sp³-hybridized carbons (Fsp3) is 0.321. The summed E-state index contributed by atoms with van der Waals surface area (Å²) in [4.78, 5) is 44.1. The van der Waals surface area contributed by atoms with Gasteiger partial charge in [-0.1, -0.05) is 36.4 Å². The second kappa shape index (κ2) is 8.64. The first-order valence-corrected chi connectivity index (χ1v) is 12.3. The Kier molecular flexibility index (Phi) is 5.41. The number of amides is 2. The van der Waals surface area contributed by atoms with Gasteiger partial charge >= 0.3 is 5.97 Å². The van der Waals surface area contributed by atoms with Gasteiger partial charge in [-0.25, -0.2) is 4.79 Å². The number of esters is 1. The second-order valence-electron chi connectivity index (χ2n) is 9.56. The Morgan fingerprint density at radius 3 is 2.94 bits per heavy atom. The number of nitrogens with zero attached hydrogens (tertiary/aromatic N) is 1. The summed E-state index contributed by atoms with van der Waals surface area (Å²) < 4.78 is 11.3. The number of carbonyl (C=O) groups excluding carboxylic acids is 3. The van der Waals surface area contributed by atoms with E-state index in [0.29, 0.717) is 30.8 Å². The number of para-hydroxylation sites is 1. The lowest BCUT2D eigenvalue weighted by molar-refractivity contribution is -0.135. The number of nitrogens with one attached hydrogen (secondary N) is 2. The Balaban J connectivity index is 1.17. The highest BCUT2D eigenvalue weighted by Crippen LogP contribution is 2.52. The molecule has 1 spiro atoms. The highest BCUT2D eigenvalue weighted by atomic mass is 16.5. The molecule has 2 bridgehead atoms. The second-order valence-corrected chi connectivity index (χ2v) is 9.56. The maximum absolute atomic E-state index is 13.5. The molecule has 3 aliphatic heterocycles. The number of rotatable bonds is 7. The molecule has 4 atom stereocenters. The maximum Gasteiger partial charge on any atom is 0.338 e. The van der Waals surface area contributed by atoms with E-state index in [9.17, 15) is 14.4 Å². The summed E-state index contributed by atoms with van der Waals surface area (Å²) in [5, 5.41) is 4.04. The molecule has 1 aromatic heterocycles. The highest BCUT2D eigenvalue weighted by molar-refractivity contribution is 6.00. The van der Waals surface area contributed by atoms with Crippen LogP contribution in [-0.2, 0) is 25.5 Å². The van der Waals surface area contributed by atoms with Crippen LogP contribution < -0.4 is 5.32 Å². The van der Waals surface area contributed by atoms with E-state index in [0.717, 1.165) is 16.5 Å². The zero-order valence-electron chi connectivity index (χ0n) is 19.9. The van der Waals surface area contributed by atoms with Crippen molar-refractivity contribution < 1.29 is 23.9 Å². The maximum atomic E-state index is 13.5. The Morgan fingerprint density at radius 2 is 2.08 bits per heavy atom. The number of ether oxygens (including phenoxy) is 2. The molecule has 2 fully saturated rings. The van der Waals surface area contributed by atoms with E-state index >= 15 is 0 Å². The lowest BCUT2D eigenvalue weighted by Crippen LogP contribution is -2.41. The standard InChI is InChI=1S/C28H27N3O5/c1-2-35-27(34)17-6-5-7-19(14-17)30-25(32)23-22-10-12-28(36-22)16-31(26(33)24(23)28)13-11-18-15-29-21-9-4-3-8-20(18)21/h3-10,12,14-15,22-24,29H,2,11,13,16H2,1H3,(H,30,32)/t22-,23+,24-,28+/m1/s1. The molecule has 6 rings (SSSR count). The largest absolute Gasteiger partial charge is 0.462 e. The van der Waals surface area contributed by atoms with Crippen LogP contribution >= 0.6 is 0 Å². The topological polar surface area (TPSA) is 101 Å². The quantitative estimate of drug-likeness (QED) is 0.395. The molecule has 0 saturated carbocycles. The summed E-state index contributed by atoms with van der Waals surface area (Å²) in [7, 11) is 0. The van der Waals surface area contributed by atoms with Crippen LogP contribution in [-0.4, -0.2) is 59.1 Å². The van der Waals surface area contributed by atoms with Crippen LogP contribution in [0.2, 0.25) is 0 Å². The first-order chi connectivity index (χ1) is 17.5. The predicted molar refractivity (Wildman–Crippen MR) is 133 cm³/mol. The van der Waals surface area contributed by atoms with Gasteiger partial charge in [-0.2, -0.15) is 0 Å². The lowest BCUT2D eigenvalue weighted by atomic mass is 9.76. The fourth-order valence-corrected chi connectivity index (χ4v) is 5.82. The number of aromatic nitrogens is 1. The van der Waals surface area contributed by atoms with E-state index in [4.69, 9.17) is 9.47 Å². The zero-order valence-corrected chi connectivity index (χ0v) is 19.9. The predicted octanol–water partition coefficient (Wildman–Crippen LogP) is 3.31. The van der Waals surface area contributed by atoms with Gasteiger partial charge in [0, 0.05) is 29.3 Å². The van der Waals surface area contributed by atoms with Crippen molar-refractivity contribution in [3.8, 4) is 0 Å². The molecule has 0 unspecified atom stereocenters. The van der Waals surface area contributed by atoms with E-state index < -0.39 is 29.5 Å². The highest BCUT2D eigenvalue weighted by Gasteiger charge is 2.66. The summed E-state index contributed by atoms with van der Waals surface area (Å²) in [6.07, 6.45) is 6.11. The molecule has 0 aliphatic carbocycles. The number of benzene rings is 2. The monoisotopic (exact) mass is 485 g/mol. The summed E-state index contributed by atoms with van der Waals surface area (Å²) in [6.45, 7) is 3.00. The van der Waals surface area contributed by atoms with Crippen molar-refractivity contribution >= 4 is 34.4 Å². The van der Waals surface area contributed by atoms with Crippen LogP contribution in [0.4, 0.5) is 5.69 Å². The molecule has 3 aromatic rings. The van der Waals surface area contributed by atoms with Gasteiger partial charge in [-0.3, -0.25) is 9.59 Å². The summed E-state index contributed by atoms with van der Waals surface area (Å²) >= 11 is 0. The molecule has 2 N–H and O–H groups in total. The third-order valence-electron chi connectivity index (χ3n) is 7.45. The van der Waals surface area contributed by atoms with E-state index in [-0.39, 0.29) is 18.4 Å². The van der Waals surface area contributed by atoms with Crippen LogP contribution in [0.15, 0.2) is 66.9 Å². The van der Waals surface area contributed by atoms with Crippen LogP contribution in [0.25, 0.3) is 10.9 Å². The van der Waals surface area contributed by atoms with Crippen LogP contribution in [0.1, 0.15) is 22.8 Å². The Bertz CT molecular complexity index is 1390. The van der Waals surface area contributed by atoms with E-state index in [1.54, 1.807) is 31.2 Å². The van der Waals surface area contributed by atoms with Crippen LogP contribution in [0.3, 0.4) is 0 Å². The van der Waals surface area contributed by atoms with Crippen LogP contribution in [0.5, 0.6) is 0 Å². The average Bonchev–Trinajstić information content (AvgIpc) is 3.63. The van der Waals surface area contributed by atoms with Crippen molar-refractivity contribution in [1.29, 1.82) is 0 Å². The molecule has 8 nitrogen and oxygen atoms in total. The number of H-pyrrole nitrogens is 1. The number of likely N-dealkylation sites (tertiary alicyclic amines) is 1. The van der Waals surface area contributed by atoms with Gasteiger partial charge in [0.15, 0.2) is 0 Å². The van der Waals surface area contributed by atoms with E-state index in [2.05, 4.69) is 16.4 Å². The molecule has 3 aliphatic rings. The zero-order chi connectivity index (χ0) is 24.9. The van der Waals surface area contributed by atoms with Gasteiger partial charge in [0.05, 0.1) is 36.7 Å². The normalized spacial score (nSPS) is 26.0. The Hall–Kier alpha value is -3.91. The minimum Gasteiger partial charge on any atom is -0.462 e. The fourth-order valence-electron chi connectivity index (χ4n) is 5.82. The third kappa shape index (κ3) is 3.60. The SMILES string of the molecule is CCOC(=O)c1cccc(NC(=O)[C@H]2[C@H]3C=C[C@@]4(CN(CCc5c[nH]c6ccccc56)C(=O)[C@@H]24)O3)c1. The molecule has 36 heavy (non-hydrogen) atoms. The minimum absolute atomic E-state index is 0.0536. The molecule has 8 heteroatoms. The van der Waals surface area contributed by atoms with Gasteiger partial charge in [0.1, 0.15) is 5.60 Å². The number of anilines is 1. The van der Waals surface area contributed by atoms with E-state index in [1.165, 1.54) is 0 Å². The van der Waals surface area contributed by atoms with Crippen molar-refractivity contribution in [3.05, 3.63) is 78.0 Å². The van der Waals surface area contributed by atoms with Crippen molar-refractivity contribution in [2.75, 3.05) is 25.0 Å². The molecule has 184 valence electrons. The molecule has 2 saturated heterocycles. The molecular weight excluding hydrogens is 458 g/mol. The van der Waals surface area contributed by atoms with Gasteiger partial charge < -0.3 is 24.7 Å². The summed E-state index contributed by atoms with van der Waals surface area (Å²) in [5.74, 6) is -1.99. The number of aromatic amines is 1. The first-order valence-electron chi connectivity index (χ1n) is 12.3. The smallest absolute Gasteiger partial charge is 0.338 e. The number of hydrogen-bond acceptors (Lipinski definition) is 5. The molecule has 4 heterocycles. The summed E-state index contributed by atoms with van der Waals surface area (Å²) in [5.41, 5.74) is 2.30. The van der Waals surface area contributed by atoms with Crippen molar-refractivity contribution in [2.24, 2.45) is 11.8 Å². The Labute approximate surface area is 208 Å². The minimum atomic E-state index is -0.767. The van der Waals surface area contributed by atoms with Crippen LogP contribution in [0, 0.1) is 11.8 Å². The van der Waals surface area contributed by atoms with E-state index in [1.807, 2.05) is 41.4 Å². The molecule has 0 radical (unpaired) electrons. The third-order valence-corrected chi connectivity index (χ3v) is 7.45. The number of carbonyl (C=O) groups is 3. The molecule has 2 amide bonds. The number of fused-ring (bicyclic) bond motifs is 2. The van der Waals surface area contributed by atoms with Crippen molar-refractivity contribution in [1.82, 2.24) is 9.88 Å². The molecule has 2 aromatic carbocycles. The van der Waals surface area contributed by atoms with Gasteiger partial charge in [-0.15, -0.1) is 0 Å². The van der Waals surface area contributed by atoms with Crippen molar-refractivity contribution in [2.45, 2.75) is 25.0 Å². The van der Waals surface area contributed by atoms with Crippen molar-refractivity contribution in [3.63, 3.8) is 0 Å².